The Hall–Kier alpha value is -2.04. The molecule has 0 spiro atoms. The van der Waals surface area contributed by atoms with Gasteiger partial charge in [0, 0.05) is 50.4 Å². The van der Waals surface area contributed by atoms with Gasteiger partial charge in [-0.2, -0.15) is 0 Å². The first kappa shape index (κ1) is 19.7. The molecule has 27 heavy (non-hydrogen) atoms. The number of anilines is 2. The second kappa shape index (κ2) is 8.77. The van der Waals surface area contributed by atoms with Crippen LogP contribution in [0.25, 0.3) is 0 Å². The van der Waals surface area contributed by atoms with Gasteiger partial charge < -0.3 is 15.1 Å². The van der Waals surface area contributed by atoms with Gasteiger partial charge >= 0.3 is 0 Å². The topological polar surface area (TPSA) is 52.7 Å². The summed E-state index contributed by atoms with van der Waals surface area (Å²) in [6, 6.07) is 6.06. The highest BCUT2D eigenvalue weighted by molar-refractivity contribution is 5.93. The fourth-order valence-corrected chi connectivity index (χ4v) is 3.99. The highest BCUT2D eigenvalue weighted by atomic mass is 16.2. The minimum Gasteiger partial charge on any atom is -0.377 e. The molecule has 1 aromatic rings. The van der Waals surface area contributed by atoms with Crippen LogP contribution in [0.1, 0.15) is 57.4 Å². The lowest BCUT2D eigenvalue weighted by Gasteiger charge is -2.26. The zero-order valence-electron chi connectivity index (χ0n) is 17.0. The molecule has 3 rings (SSSR count). The van der Waals surface area contributed by atoms with E-state index in [-0.39, 0.29) is 23.7 Å². The maximum atomic E-state index is 12.7. The van der Waals surface area contributed by atoms with E-state index in [9.17, 15) is 9.59 Å². The van der Waals surface area contributed by atoms with Gasteiger partial charge in [0.25, 0.3) is 0 Å². The molecule has 2 amide bonds. The summed E-state index contributed by atoms with van der Waals surface area (Å²) < 4.78 is 0. The minimum absolute atomic E-state index is 0.135. The third-order valence-corrected chi connectivity index (χ3v) is 5.65. The van der Waals surface area contributed by atoms with Gasteiger partial charge in [0.05, 0.1) is 0 Å². The first-order chi connectivity index (χ1) is 13.0. The van der Waals surface area contributed by atoms with Crippen molar-refractivity contribution in [3.63, 3.8) is 0 Å². The van der Waals surface area contributed by atoms with E-state index in [1.807, 2.05) is 37.2 Å². The van der Waals surface area contributed by atoms with Crippen LogP contribution in [0.5, 0.6) is 0 Å². The van der Waals surface area contributed by atoms with Crippen LogP contribution in [0.4, 0.5) is 11.4 Å². The Labute approximate surface area is 163 Å². The summed E-state index contributed by atoms with van der Waals surface area (Å²) in [4.78, 5) is 29.2. The summed E-state index contributed by atoms with van der Waals surface area (Å²) in [5, 5.41) is 3.10. The van der Waals surface area contributed by atoms with Crippen LogP contribution in [-0.2, 0) is 16.1 Å². The first-order valence-corrected chi connectivity index (χ1v) is 10.4. The summed E-state index contributed by atoms with van der Waals surface area (Å²) in [6.45, 7) is 3.49. The van der Waals surface area contributed by atoms with Gasteiger partial charge in [-0.05, 0) is 55.9 Å². The molecule has 0 aliphatic heterocycles. The normalized spacial score (nSPS) is 17.0. The Kier molecular flexibility index (Phi) is 6.40. The minimum atomic E-state index is 0.135. The molecular formula is C22H33N3O2. The average molecular weight is 372 g/mol. The molecule has 0 unspecified atom stereocenters. The molecule has 148 valence electrons. The number of rotatable bonds is 8. The van der Waals surface area contributed by atoms with Crippen molar-refractivity contribution < 1.29 is 9.59 Å². The number of nitrogens with zero attached hydrogens (tertiary/aromatic N) is 2. The third-order valence-electron chi connectivity index (χ3n) is 5.65. The van der Waals surface area contributed by atoms with Crippen LogP contribution in [0.2, 0.25) is 0 Å². The molecule has 2 fully saturated rings. The molecule has 1 aromatic carbocycles. The fraction of sp³-hybridized carbons (Fsp3) is 0.636. The van der Waals surface area contributed by atoms with E-state index in [2.05, 4.69) is 17.1 Å². The quantitative estimate of drug-likeness (QED) is 0.751. The van der Waals surface area contributed by atoms with Crippen molar-refractivity contribution in [1.29, 1.82) is 0 Å². The largest absolute Gasteiger partial charge is 0.377 e. The molecule has 0 atom stereocenters. The van der Waals surface area contributed by atoms with Gasteiger partial charge in [0.2, 0.25) is 11.8 Å². The highest BCUT2D eigenvalue weighted by Crippen LogP contribution is 2.33. The Bertz CT molecular complexity index is 676. The van der Waals surface area contributed by atoms with E-state index >= 15 is 0 Å². The van der Waals surface area contributed by atoms with Crippen molar-refractivity contribution in [2.45, 2.75) is 58.4 Å². The predicted molar refractivity (Wildman–Crippen MR) is 110 cm³/mol. The Balaban J connectivity index is 1.77. The Morgan fingerprint density at radius 1 is 1.07 bits per heavy atom. The maximum Gasteiger partial charge on any atom is 0.227 e. The molecule has 5 nitrogen and oxygen atoms in total. The lowest BCUT2D eigenvalue weighted by molar-refractivity contribution is -0.133. The van der Waals surface area contributed by atoms with E-state index in [0.717, 1.165) is 68.4 Å². The van der Waals surface area contributed by atoms with E-state index in [4.69, 9.17) is 0 Å². The molecule has 0 aromatic heterocycles. The average Bonchev–Trinajstić information content (AvgIpc) is 3.34. The third kappa shape index (κ3) is 5.02. The van der Waals surface area contributed by atoms with Gasteiger partial charge in [0.15, 0.2) is 0 Å². The van der Waals surface area contributed by atoms with E-state index in [1.165, 1.54) is 0 Å². The fourth-order valence-electron chi connectivity index (χ4n) is 3.99. The van der Waals surface area contributed by atoms with E-state index < -0.39 is 0 Å². The summed E-state index contributed by atoms with van der Waals surface area (Å²) in [5.74, 6) is 0.789. The SMILES string of the molecule is CCCN(Cc1cc(NC(=O)C2CCCC2)ccc1N(C)C)C(=O)C1CC1. The zero-order valence-corrected chi connectivity index (χ0v) is 17.0. The molecule has 2 saturated carbocycles. The molecule has 0 bridgehead atoms. The number of amides is 2. The van der Waals surface area contributed by atoms with Gasteiger partial charge in [0.1, 0.15) is 0 Å². The van der Waals surface area contributed by atoms with E-state index in [0.29, 0.717) is 6.54 Å². The van der Waals surface area contributed by atoms with Crippen molar-refractivity contribution in [1.82, 2.24) is 4.90 Å². The molecule has 2 aliphatic carbocycles. The van der Waals surface area contributed by atoms with Crippen molar-refractivity contribution in [2.75, 3.05) is 30.9 Å². The summed E-state index contributed by atoms with van der Waals surface area (Å²) in [5.41, 5.74) is 3.02. The number of nitrogens with one attached hydrogen (secondary N) is 1. The zero-order chi connectivity index (χ0) is 19.4. The lowest BCUT2D eigenvalue weighted by atomic mass is 10.1. The van der Waals surface area contributed by atoms with Crippen molar-refractivity contribution >= 4 is 23.2 Å². The van der Waals surface area contributed by atoms with Crippen molar-refractivity contribution in [3.05, 3.63) is 23.8 Å². The van der Waals surface area contributed by atoms with Crippen LogP contribution in [-0.4, -0.2) is 37.4 Å². The summed E-state index contributed by atoms with van der Waals surface area (Å²) in [7, 11) is 4.03. The van der Waals surface area contributed by atoms with Crippen LogP contribution < -0.4 is 10.2 Å². The standard InChI is InChI=1S/C22H33N3O2/c1-4-13-25(22(27)17-9-10-17)15-18-14-19(11-12-20(18)24(2)3)23-21(26)16-7-5-6-8-16/h11-12,14,16-17H,4-10,13,15H2,1-3H3,(H,23,26). The smallest absolute Gasteiger partial charge is 0.227 e. The van der Waals surface area contributed by atoms with Crippen LogP contribution in [0.3, 0.4) is 0 Å². The lowest BCUT2D eigenvalue weighted by Crippen LogP contribution is -2.33. The molecule has 1 N–H and O–H groups in total. The Morgan fingerprint density at radius 2 is 1.78 bits per heavy atom. The van der Waals surface area contributed by atoms with Crippen molar-refractivity contribution in [2.24, 2.45) is 11.8 Å². The number of hydrogen-bond donors (Lipinski definition) is 1. The predicted octanol–water partition coefficient (Wildman–Crippen LogP) is 4.03. The second-order valence-electron chi connectivity index (χ2n) is 8.24. The van der Waals surface area contributed by atoms with E-state index in [1.54, 1.807) is 0 Å². The van der Waals surface area contributed by atoms with Gasteiger partial charge in [-0.25, -0.2) is 0 Å². The Morgan fingerprint density at radius 3 is 2.37 bits per heavy atom. The number of hydrogen-bond acceptors (Lipinski definition) is 3. The highest BCUT2D eigenvalue weighted by Gasteiger charge is 2.33. The van der Waals surface area contributed by atoms with Gasteiger partial charge in [-0.3, -0.25) is 9.59 Å². The molecule has 0 heterocycles. The second-order valence-corrected chi connectivity index (χ2v) is 8.24. The molecular weight excluding hydrogens is 338 g/mol. The van der Waals surface area contributed by atoms with Gasteiger partial charge in [-0.1, -0.05) is 19.8 Å². The number of carbonyl (C=O) groups excluding carboxylic acids is 2. The van der Waals surface area contributed by atoms with Crippen LogP contribution >= 0.6 is 0 Å². The number of benzene rings is 1. The first-order valence-electron chi connectivity index (χ1n) is 10.4. The summed E-state index contributed by atoms with van der Waals surface area (Å²) in [6.07, 6.45) is 7.29. The summed E-state index contributed by atoms with van der Waals surface area (Å²) >= 11 is 0. The number of carbonyl (C=O) groups is 2. The van der Waals surface area contributed by atoms with Crippen molar-refractivity contribution in [3.8, 4) is 0 Å². The van der Waals surface area contributed by atoms with Gasteiger partial charge in [-0.15, -0.1) is 0 Å². The molecule has 2 aliphatic rings. The maximum absolute atomic E-state index is 12.7. The molecule has 5 heteroatoms. The molecule has 0 radical (unpaired) electrons. The monoisotopic (exact) mass is 371 g/mol. The van der Waals surface area contributed by atoms with Crippen LogP contribution in [0.15, 0.2) is 18.2 Å². The molecule has 0 saturated heterocycles. The van der Waals surface area contributed by atoms with Crippen LogP contribution in [0, 0.1) is 11.8 Å².